The summed E-state index contributed by atoms with van der Waals surface area (Å²) in [5.41, 5.74) is 3.13. The number of aromatic amines is 1. The second kappa shape index (κ2) is 7.92. The Hall–Kier alpha value is -3.00. The highest BCUT2D eigenvalue weighted by Crippen LogP contribution is 2.20. The molecule has 8 heteroatoms. The van der Waals surface area contributed by atoms with Crippen molar-refractivity contribution in [3.8, 4) is 11.4 Å². The Morgan fingerprint density at radius 2 is 2.08 bits per heavy atom. The molecule has 26 heavy (non-hydrogen) atoms. The van der Waals surface area contributed by atoms with Gasteiger partial charge in [-0.05, 0) is 32.0 Å². The zero-order valence-electron chi connectivity index (χ0n) is 15.1. The Morgan fingerprint density at radius 3 is 2.77 bits per heavy atom. The van der Waals surface area contributed by atoms with Gasteiger partial charge >= 0.3 is 0 Å². The van der Waals surface area contributed by atoms with Gasteiger partial charge in [0.25, 0.3) is 5.91 Å². The van der Waals surface area contributed by atoms with Crippen molar-refractivity contribution >= 4 is 5.91 Å². The van der Waals surface area contributed by atoms with Gasteiger partial charge in [0.2, 0.25) is 0 Å². The molecule has 0 bridgehead atoms. The molecule has 2 N–H and O–H groups in total. The number of methoxy groups -OCH3 is 1. The van der Waals surface area contributed by atoms with E-state index in [0.717, 1.165) is 22.8 Å². The molecule has 0 spiro atoms. The smallest absolute Gasteiger partial charge is 0.251 e. The molecule has 0 radical (unpaired) electrons. The van der Waals surface area contributed by atoms with Crippen LogP contribution in [0.15, 0.2) is 36.7 Å². The van der Waals surface area contributed by atoms with Crippen molar-refractivity contribution in [1.29, 1.82) is 0 Å². The molecule has 3 aromatic rings. The van der Waals surface area contributed by atoms with Crippen molar-refractivity contribution < 1.29 is 9.53 Å². The first-order valence-electron chi connectivity index (χ1n) is 8.38. The lowest BCUT2D eigenvalue weighted by atomic mass is 10.1. The zero-order chi connectivity index (χ0) is 18.5. The molecule has 0 aliphatic carbocycles. The second-order valence-electron chi connectivity index (χ2n) is 6.20. The Bertz CT molecular complexity index is 866. The lowest BCUT2D eigenvalue weighted by Crippen LogP contribution is -2.22. The van der Waals surface area contributed by atoms with E-state index in [2.05, 4.69) is 25.6 Å². The average molecular weight is 354 g/mol. The molecule has 3 rings (SSSR count). The number of aromatic nitrogens is 5. The quantitative estimate of drug-likeness (QED) is 0.678. The molecule has 1 aromatic carbocycles. The average Bonchev–Trinajstić information content (AvgIpc) is 3.29. The highest BCUT2D eigenvalue weighted by Gasteiger charge is 2.12. The van der Waals surface area contributed by atoms with Gasteiger partial charge in [-0.25, -0.2) is 9.67 Å². The largest absolute Gasteiger partial charge is 0.378 e. The minimum atomic E-state index is -0.148. The maximum absolute atomic E-state index is 12.3. The Labute approximate surface area is 151 Å². The number of hydrogen-bond donors (Lipinski definition) is 2. The molecule has 136 valence electrons. The van der Waals surface area contributed by atoms with Crippen LogP contribution in [-0.4, -0.2) is 38.0 Å². The van der Waals surface area contributed by atoms with Crippen LogP contribution >= 0.6 is 0 Å². The van der Waals surface area contributed by atoms with Crippen LogP contribution in [0, 0.1) is 0 Å². The van der Waals surface area contributed by atoms with E-state index in [9.17, 15) is 4.79 Å². The predicted molar refractivity (Wildman–Crippen MR) is 96.3 cm³/mol. The summed E-state index contributed by atoms with van der Waals surface area (Å²) in [7, 11) is 1.61. The van der Waals surface area contributed by atoms with Crippen LogP contribution in [0.1, 0.15) is 41.6 Å². The van der Waals surface area contributed by atoms with E-state index >= 15 is 0 Å². The van der Waals surface area contributed by atoms with Gasteiger partial charge in [-0.1, -0.05) is 12.1 Å². The van der Waals surface area contributed by atoms with Gasteiger partial charge in [0.15, 0.2) is 5.82 Å². The number of rotatable bonds is 7. The molecule has 1 amide bonds. The predicted octanol–water partition coefficient (Wildman–Crippen LogP) is 2.33. The van der Waals surface area contributed by atoms with Gasteiger partial charge in [0, 0.05) is 24.3 Å². The summed E-state index contributed by atoms with van der Waals surface area (Å²) < 4.78 is 6.87. The highest BCUT2D eigenvalue weighted by molar-refractivity contribution is 5.94. The fourth-order valence-corrected chi connectivity index (χ4v) is 2.60. The van der Waals surface area contributed by atoms with Crippen molar-refractivity contribution in [2.45, 2.75) is 33.0 Å². The van der Waals surface area contributed by atoms with Crippen molar-refractivity contribution in [2.24, 2.45) is 0 Å². The third-order valence-electron chi connectivity index (χ3n) is 3.88. The molecule has 0 aliphatic rings. The molecule has 0 saturated carbocycles. The summed E-state index contributed by atoms with van der Waals surface area (Å²) in [6.45, 7) is 4.91. The van der Waals surface area contributed by atoms with Crippen LogP contribution in [0.3, 0.4) is 0 Å². The first-order valence-corrected chi connectivity index (χ1v) is 8.38. The van der Waals surface area contributed by atoms with Gasteiger partial charge in [0.05, 0.1) is 24.5 Å². The van der Waals surface area contributed by atoms with Crippen LogP contribution < -0.4 is 5.32 Å². The Morgan fingerprint density at radius 1 is 1.31 bits per heavy atom. The molecular weight excluding hydrogens is 332 g/mol. The SMILES string of the molecule is COCc1cc(CNC(=O)c2ccc(-c3ncnn3C(C)C)cc2)[nH]n1. The van der Waals surface area contributed by atoms with Crippen LogP contribution in [0.25, 0.3) is 11.4 Å². The standard InChI is InChI=1S/C18H22N6O2/c1-12(2)24-17(20-11-21-24)13-4-6-14(7-5-13)18(25)19-9-15-8-16(10-26-3)23-22-15/h4-8,11-12H,9-10H2,1-3H3,(H,19,25)(H,22,23). The van der Waals surface area contributed by atoms with Gasteiger partial charge in [-0.2, -0.15) is 10.2 Å². The van der Waals surface area contributed by atoms with Crippen molar-refractivity contribution in [3.05, 3.63) is 53.6 Å². The summed E-state index contributed by atoms with van der Waals surface area (Å²) in [5, 5.41) is 14.1. The van der Waals surface area contributed by atoms with E-state index in [1.54, 1.807) is 19.2 Å². The number of carbonyl (C=O) groups excluding carboxylic acids is 1. The summed E-state index contributed by atoms with van der Waals surface area (Å²) >= 11 is 0. The molecule has 0 fully saturated rings. The zero-order valence-corrected chi connectivity index (χ0v) is 15.1. The summed E-state index contributed by atoms with van der Waals surface area (Å²) in [6, 6.07) is 9.41. The van der Waals surface area contributed by atoms with Crippen molar-refractivity contribution in [3.63, 3.8) is 0 Å². The number of H-pyrrole nitrogens is 1. The summed E-state index contributed by atoms with van der Waals surface area (Å²) in [4.78, 5) is 16.6. The number of carbonyl (C=O) groups is 1. The highest BCUT2D eigenvalue weighted by atomic mass is 16.5. The fraction of sp³-hybridized carbons (Fsp3) is 0.333. The van der Waals surface area contributed by atoms with E-state index in [-0.39, 0.29) is 11.9 Å². The van der Waals surface area contributed by atoms with E-state index in [1.807, 2.05) is 36.7 Å². The molecular formula is C18H22N6O2. The van der Waals surface area contributed by atoms with E-state index in [4.69, 9.17) is 4.74 Å². The van der Waals surface area contributed by atoms with E-state index in [1.165, 1.54) is 6.33 Å². The molecule has 0 atom stereocenters. The minimum absolute atomic E-state index is 0.148. The second-order valence-corrected chi connectivity index (χ2v) is 6.20. The normalized spacial score (nSPS) is 11.1. The van der Waals surface area contributed by atoms with Crippen LogP contribution in [0.5, 0.6) is 0 Å². The first-order chi connectivity index (χ1) is 12.6. The fourth-order valence-electron chi connectivity index (χ4n) is 2.60. The van der Waals surface area contributed by atoms with Gasteiger partial charge in [-0.3, -0.25) is 9.89 Å². The molecule has 0 unspecified atom stereocenters. The van der Waals surface area contributed by atoms with E-state index in [0.29, 0.717) is 18.7 Å². The van der Waals surface area contributed by atoms with E-state index < -0.39 is 0 Å². The molecule has 2 aromatic heterocycles. The minimum Gasteiger partial charge on any atom is -0.378 e. The topological polar surface area (TPSA) is 97.7 Å². The number of hydrogen-bond acceptors (Lipinski definition) is 5. The lowest BCUT2D eigenvalue weighted by molar-refractivity contribution is 0.0950. The lowest BCUT2D eigenvalue weighted by Gasteiger charge is -2.10. The summed E-state index contributed by atoms with van der Waals surface area (Å²) in [5.74, 6) is 0.639. The molecule has 8 nitrogen and oxygen atoms in total. The molecule has 0 aliphatic heterocycles. The van der Waals surface area contributed by atoms with Crippen LogP contribution in [0.4, 0.5) is 0 Å². The first kappa shape index (κ1) is 17.8. The molecule has 0 saturated heterocycles. The van der Waals surface area contributed by atoms with Gasteiger partial charge in [-0.15, -0.1) is 0 Å². The third kappa shape index (κ3) is 3.97. The number of ether oxygens (including phenoxy) is 1. The van der Waals surface area contributed by atoms with Crippen molar-refractivity contribution in [2.75, 3.05) is 7.11 Å². The van der Waals surface area contributed by atoms with Gasteiger partial charge < -0.3 is 10.1 Å². The van der Waals surface area contributed by atoms with Gasteiger partial charge in [0.1, 0.15) is 6.33 Å². The van der Waals surface area contributed by atoms with Crippen molar-refractivity contribution in [1.82, 2.24) is 30.3 Å². The Balaban J connectivity index is 1.64. The van der Waals surface area contributed by atoms with Crippen LogP contribution in [0.2, 0.25) is 0 Å². The maximum atomic E-state index is 12.3. The molecule has 2 heterocycles. The third-order valence-corrected chi connectivity index (χ3v) is 3.88. The number of nitrogens with zero attached hydrogens (tertiary/aromatic N) is 4. The number of nitrogens with one attached hydrogen (secondary N) is 2. The maximum Gasteiger partial charge on any atom is 0.251 e. The summed E-state index contributed by atoms with van der Waals surface area (Å²) in [6.07, 6.45) is 1.54. The number of benzene rings is 1. The van der Waals surface area contributed by atoms with Crippen LogP contribution in [-0.2, 0) is 17.9 Å². The Kier molecular flexibility index (Phi) is 5.43. The monoisotopic (exact) mass is 354 g/mol. The number of amides is 1.